The first-order valence-electron chi connectivity index (χ1n) is 4.22. The Bertz CT molecular complexity index is 279. The van der Waals surface area contributed by atoms with E-state index < -0.39 is 5.92 Å². The molecule has 0 aliphatic rings. The van der Waals surface area contributed by atoms with E-state index in [9.17, 15) is 9.59 Å². The molecule has 1 aromatic carbocycles. The summed E-state index contributed by atoms with van der Waals surface area (Å²) in [5, 5.41) is 0. The van der Waals surface area contributed by atoms with Gasteiger partial charge in [0, 0.05) is 0 Å². The van der Waals surface area contributed by atoms with Crippen LogP contribution in [0.4, 0.5) is 0 Å². The number of hydrogen-bond acceptors (Lipinski definition) is 2. The second kappa shape index (κ2) is 4.55. The maximum absolute atomic E-state index is 10.4. The van der Waals surface area contributed by atoms with Crippen LogP contribution in [-0.4, -0.2) is 12.6 Å². The fraction of sp³-hybridized carbons (Fsp3) is 0.273. The van der Waals surface area contributed by atoms with Crippen molar-refractivity contribution in [2.75, 3.05) is 0 Å². The largest absolute Gasteiger partial charge is 0.303 e. The van der Waals surface area contributed by atoms with Crippen molar-refractivity contribution in [2.45, 2.75) is 13.3 Å². The molecule has 2 heteroatoms. The van der Waals surface area contributed by atoms with E-state index in [1.807, 2.05) is 31.2 Å². The van der Waals surface area contributed by atoms with Gasteiger partial charge in [0.05, 0.1) is 5.92 Å². The Morgan fingerprint density at radius 2 is 1.69 bits per heavy atom. The van der Waals surface area contributed by atoms with Crippen molar-refractivity contribution in [3.8, 4) is 0 Å². The molecule has 0 heterocycles. The van der Waals surface area contributed by atoms with Crippen LogP contribution in [0.25, 0.3) is 0 Å². The van der Waals surface area contributed by atoms with E-state index in [1.54, 1.807) is 0 Å². The van der Waals surface area contributed by atoms with Crippen molar-refractivity contribution in [2.24, 2.45) is 5.92 Å². The average Bonchev–Trinajstić information content (AvgIpc) is 2.17. The topological polar surface area (TPSA) is 34.1 Å². The van der Waals surface area contributed by atoms with Crippen molar-refractivity contribution in [3.63, 3.8) is 0 Å². The number of rotatable bonds is 4. The fourth-order valence-electron chi connectivity index (χ4n) is 1.12. The molecule has 0 N–H and O–H groups in total. The lowest BCUT2D eigenvalue weighted by Gasteiger charge is -2.02. The third-order valence-electron chi connectivity index (χ3n) is 1.94. The summed E-state index contributed by atoms with van der Waals surface area (Å²) in [6.45, 7) is 2.00. The molecule has 0 bridgehead atoms. The van der Waals surface area contributed by atoms with Gasteiger partial charge >= 0.3 is 0 Å². The van der Waals surface area contributed by atoms with E-state index in [0.29, 0.717) is 19.0 Å². The van der Waals surface area contributed by atoms with Crippen molar-refractivity contribution < 1.29 is 9.59 Å². The monoisotopic (exact) mass is 176 g/mol. The normalized spacial score (nSPS) is 10.0. The van der Waals surface area contributed by atoms with E-state index in [0.717, 1.165) is 5.56 Å². The Kier molecular flexibility index (Phi) is 3.38. The summed E-state index contributed by atoms with van der Waals surface area (Å²) in [4.78, 5) is 20.8. The Morgan fingerprint density at radius 1 is 1.15 bits per heavy atom. The Labute approximate surface area is 77.6 Å². The SMILES string of the molecule is Cc1ccc(CC(C=O)C=O)cc1. The van der Waals surface area contributed by atoms with Gasteiger partial charge < -0.3 is 9.59 Å². The molecule has 1 aromatic rings. The molecule has 0 amide bonds. The smallest absolute Gasteiger partial charge is 0.130 e. The molecule has 0 atom stereocenters. The molecule has 0 unspecified atom stereocenters. The molecule has 0 radical (unpaired) electrons. The van der Waals surface area contributed by atoms with E-state index in [1.165, 1.54) is 5.56 Å². The summed E-state index contributed by atoms with van der Waals surface area (Å²) in [6, 6.07) is 7.83. The van der Waals surface area contributed by atoms with Crippen LogP contribution in [0.1, 0.15) is 11.1 Å². The van der Waals surface area contributed by atoms with Crippen molar-refractivity contribution in [1.29, 1.82) is 0 Å². The van der Waals surface area contributed by atoms with Gasteiger partial charge in [0.15, 0.2) is 0 Å². The van der Waals surface area contributed by atoms with Crippen LogP contribution >= 0.6 is 0 Å². The molecule has 0 aliphatic carbocycles. The fourth-order valence-corrected chi connectivity index (χ4v) is 1.12. The Balaban J connectivity index is 2.68. The highest BCUT2D eigenvalue weighted by molar-refractivity contribution is 5.77. The molecule has 0 aromatic heterocycles. The molecule has 0 aliphatic heterocycles. The minimum absolute atomic E-state index is 0.497. The predicted octanol–water partition coefficient (Wildman–Crippen LogP) is 1.55. The lowest BCUT2D eigenvalue weighted by molar-refractivity contribution is -0.119. The summed E-state index contributed by atoms with van der Waals surface area (Å²) in [6.07, 6.45) is 1.88. The van der Waals surface area contributed by atoms with Gasteiger partial charge in [-0.3, -0.25) is 0 Å². The maximum Gasteiger partial charge on any atom is 0.130 e. The first-order valence-corrected chi connectivity index (χ1v) is 4.22. The van der Waals surface area contributed by atoms with Crippen LogP contribution < -0.4 is 0 Å². The molecule has 2 nitrogen and oxygen atoms in total. The molecular formula is C11H12O2. The third kappa shape index (κ3) is 2.82. The summed E-state index contributed by atoms with van der Waals surface area (Å²) >= 11 is 0. The second-order valence-corrected chi connectivity index (χ2v) is 3.13. The Morgan fingerprint density at radius 3 is 2.15 bits per heavy atom. The minimum Gasteiger partial charge on any atom is -0.303 e. The lowest BCUT2D eigenvalue weighted by Crippen LogP contribution is -2.06. The molecule has 0 spiro atoms. The molecule has 0 saturated carbocycles. The quantitative estimate of drug-likeness (QED) is 0.515. The van der Waals surface area contributed by atoms with Gasteiger partial charge in [0.1, 0.15) is 12.6 Å². The standard InChI is InChI=1S/C11H12O2/c1-9-2-4-10(5-3-9)6-11(7-12)8-13/h2-5,7-8,11H,6H2,1H3. The zero-order chi connectivity index (χ0) is 9.68. The van der Waals surface area contributed by atoms with Crippen LogP contribution in [-0.2, 0) is 16.0 Å². The van der Waals surface area contributed by atoms with Gasteiger partial charge in [-0.2, -0.15) is 0 Å². The third-order valence-corrected chi connectivity index (χ3v) is 1.94. The highest BCUT2D eigenvalue weighted by atomic mass is 16.1. The zero-order valence-corrected chi connectivity index (χ0v) is 7.57. The average molecular weight is 176 g/mol. The lowest BCUT2D eigenvalue weighted by atomic mass is 10.0. The summed E-state index contributed by atoms with van der Waals surface area (Å²) in [5.74, 6) is -0.497. The number of aldehydes is 2. The van der Waals surface area contributed by atoms with E-state index >= 15 is 0 Å². The van der Waals surface area contributed by atoms with Crippen LogP contribution in [0.5, 0.6) is 0 Å². The van der Waals surface area contributed by atoms with Gasteiger partial charge in [-0.1, -0.05) is 29.8 Å². The molecule has 0 saturated heterocycles. The van der Waals surface area contributed by atoms with Crippen LogP contribution in [0, 0.1) is 12.8 Å². The van der Waals surface area contributed by atoms with Gasteiger partial charge in [-0.25, -0.2) is 0 Å². The van der Waals surface area contributed by atoms with Gasteiger partial charge in [-0.15, -0.1) is 0 Å². The molecule has 68 valence electrons. The summed E-state index contributed by atoms with van der Waals surface area (Å²) in [7, 11) is 0. The number of hydrogen-bond donors (Lipinski definition) is 0. The highest BCUT2D eigenvalue weighted by Gasteiger charge is 2.05. The van der Waals surface area contributed by atoms with E-state index in [-0.39, 0.29) is 0 Å². The molecule has 0 fully saturated rings. The van der Waals surface area contributed by atoms with Crippen LogP contribution in [0.2, 0.25) is 0 Å². The van der Waals surface area contributed by atoms with E-state index in [4.69, 9.17) is 0 Å². The number of carbonyl (C=O) groups excluding carboxylic acids is 2. The highest BCUT2D eigenvalue weighted by Crippen LogP contribution is 2.07. The van der Waals surface area contributed by atoms with E-state index in [2.05, 4.69) is 0 Å². The summed E-state index contributed by atoms with van der Waals surface area (Å²) < 4.78 is 0. The zero-order valence-electron chi connectivity index (χ0n) is 7.57. The summed E-state index contributed by atoms with van der Waals surface area (Å²) in [5.41, 5.74) is 2.20. The first kappa shape index (κ1) is 9.65. The van der Waals surface area contributed by atoms with Gasteiger partial charge in [-0.05, 0) is 18.9 Å². The van der Waals surface area contributed by atoms with Gasteiger partial charge in [0.2, 0.25) is 0 Å². The number of aryl methyl sites for hydroxylation is 1. The van der Waals surface area contributed by atoms with Crippen molar-refractivity contribution in [3.05, 3.63) is 35.4 Å². The van der Waals surface area contributed by atoms with Crippen LogP contribution in [0.3, 0.4) is 0 Å². The first-order chi connectivity index (χ1) is 6.26. The second-order valence-electron chi connectivity index (χ2n) is 3.13. The number of carbonyl (C=O) groups is 2. The van der Waals surface area contributed by atoms with Crippen molar-refractivity contribution >= 4 is 12.6 Å². The maximum atomic E-state index is 10.4. The number of benzene rings is 1. The molecular weight excluding hydrogens is 164 g/mol. The Hall–Kier alpha value is -1.44. The molecule has 1 rings (SSSR count). The predicted molar refractivity (Wildman–Crippen MR) is 50.5 cm³/mol. The van der Waals surface area contributed by atoms with Crippen molar-refractivity contribution in [1.82, 2.24) is 0 Å². The minimum atomic E-state index is -0.497. The molecule has 13 heavy (non-hydrogen) atoms. The van der Waals surface area contributed by atoms with Crippen LogP contribution in [0.15, 0.2) is 24.3 Å². The van der Waals surface area contributed by atoms with Gasteiger partial charge in [0.25, 0.3) is 0 Å².